The second kappa shape index (κ2) is 10.0. The lowest BCUT2D eigenvalue weighted by atomic mass is 10.1. The summed E-state index contributed by atoms with van der Waals surface area (Å²) in [6, 6.07) is 8.78. The van der Waals surface area contributed by atoms with E-state index in [1.807, 2.05) is 6.92 Å². The molecule has 2 heterocycles. The topological polar surface area (TPSA) is 123 Å². The van der Waals surface area contributed by atoms with E-state index in [0.717, 1.165) is 0 Å². The highest BCUT2D eigenvalue weighted by atomic mass is 35.5. The zero-order chi connectivity index (χ0) is 24.5. The van der Waals surface area contributed by atoms with Crippen LogP contribution in [0.4, 0.5) is 5.69 Å². The summed E-state index contributed by atoms with van der Waals surface area (Å²) in [4.78, 5) is 2.97. The normalized spacial score (nSPS) is 16.6. The minimum absolute atomic E-state index is 0.0387. The number of rotatable bonds is 8. The molecule has 9 nitrogen and oxygen atoms in total. The molecule has 1 fully saturated rings. The maximum absolute atomic E-state index is 13.0. The standard InChI is InChI=1S/C21H25Cl2N5O4S2/c1-2-18(27-34(31,32)28-11-9-24-10-12-28)14-3-5-15(6-4-14)33(29,30)26-19-8-7-16(22)20-17(23)13-25-21(19)20/h3-8,13,18,24-27H,2,9-12H2,1H3. The summed E-state index contributed by atoms with van der Waals surface area (Å²) in [7, 11) is -7.58. The van der Waals surface area contributed by atoms with Gasteiger partial charge in [0.25, 0.3) is 20.2 Å². The van der Waals surface area contributed by atoms with Crippen molar-refractivity contribution in [1.29, 1.82) is 0 Å². The van der Waals surface area contributed by atoms with Crippen molar-refractivity contribution in [3.05, 3.63) is 58.2 Å². The van der Waals surface area contributed by atoms with Gasteiger partial charge in [0, 0.05) is 43.8 Å². The molecule has 4 N–H and O–H groups in total. The number of hydrogen-bond donors (Lipinski definition) is 4. The summed E-state index contributed by atoms with van der Waals surface area (Å²) in [5, 5.41) is 4.45. The summed E-state index contributed by atoms with van der Waals surface area (Å²) in [5.41, 5.74) is 1.46. The van der Waals surface area contributed by atoms with E-state index in [9.17, 15) is 16.8 Å². The van der Waals surface area contributed by atoms with Gasteiger partial charge < -0.3 is 10.3 Å². The van der Waals surface area contributed by atoms with Crippen LogP contribution in [-0.2, 0) is 20.2 Å². The number of aromatic amines is 1. The lowest BCUT2D eigenvalue weighted by Crippen LogP contribution is -2.51. The molecular formula is C21H25Cl2N5O4S2. The van der Waals surface area contributed by atoms with Gasteiger partial charge in [0.2, 0.25) is 0 Å². The van der Waals surface area contributed by atoms with Crippen LogP contribution in [0.2, 0.25) is 10.0 Å². The van der Waals surface area contributed by atoms with E-state index in [2.05, 4.69) is 19.7 Å². The van der Waals surface area contributed by atoms with Gasteiger partial charge in [-0.25, -0.2) is 8.42 Å². The predicted octanol–water partition coefficient (Wildman–Crippen LogP) is 3.47. The molecule has 0 aliphatic carbocycles. The quantitative estimate of drug-likeness (QED) is 0.345. The van der Waals surface area contributed by atoms with Crippen molar-refractivity contribution < 1.29 is 16.8 Å². The van der Waals surface area contributed by atoms with Crippen molar-refractivity contribution in [3.8, 4) is 0 Å². The Balaban J connectivity index is 1.54. The van der Waals surface area contributed by atoms with Crippen LogP contribution in [0.5, 0.6) is 0 Å². The number of benzene rings is 2. The second-order valence-corrected chi connectivity index (χ2v) is 12.1. The van der Waals surface area contributed by atoms with Crippen molar-refractivity contribution in [2.75, 3.05) is 30.9 Å². The Labute approximate surface area is 209 Å². The highest BCUT2D eigenvalue weighted by Gasteiger charge is 2.27. The first kappa shape index (κ1) is 25.2. The van der Waals surface area contributed by atoms with Gasteiger partial charge in [0.15, 0.2) is 0 Å². The van der Waals surface area contributed by atoms with Crippen LogP contribution in [0.1, 0.15) is 24.9 Å². The largest absolute Gasteiger partial charge is 0.358 e. The van der Waals surface area contributed by atoms with Crippen LogP contribution in [-0.4, -0.2) is 52.3 Å². The van der Waals surface area contributed by atoms with Crippen molar-refractivity contribution >= 4 is 60.0 Å². The van der Waals surface area contributed by atoms with Gasteiger partial charge in [0.05, 0.1) is 26.1 Å². The molecule has 0 radical (unpaired) electrons. The summed E-state index contributed by atoms with van der Waals surface area (Å²) in [6.07, 6.45) is 2.04. The maximum atomic E-state index is 13.0. The van der Waals surface area contributed by atoms with Crippen molar-refractivity contribution in [3.63, 3.8) is 0 Å². The summed E-state index contributed by atoms with van der Waals surface area (Å²) in [5.74, 6) is 0. The zero-order valence-electron chi connectivity index (χ0n) is 18.3. The van der Waals surface area contributed by atoms with E-state index in [1.165, 1.54) is 22.6 Å². The number of sulfonamides is 1. The number of hydrogen-bond acceptors (Lipinski definition) is 5. The molecule has 1 saturated heterocycles. The Morgan fingerprint density at radius 3 is 2.32 bits per heavy atom. The SMILES string of the molecule is CCC(NS(=O)(=O)N1CCNCC1)c1ccc(S(=O)(=O)Nc2ccc(Cl)c3c(Cl)c[nH]c23)cc1. The molecule has 13 heteroatoms. The molecule has 4 rings (SSSR count). The first-order valence-corrected chi connectivity index (χ1v) is 14.4. The van der Waals surface area contributed by atoms with E-state index in [4.69, 9.17) is 23.2 Å². The molecule has 1 atom stereocenters. The van der Waals surface area contributed by atoms with Crippen LogP contribution in [0, 0.1) is 0 Å². The molecule has 0 bridgehead atoms. The van der Waals surface area contributed by atoms with Gasteiger partial charge >= 0.3 is 0 Å². The highest BCUT2D eigenvalue weighted by molar-refractivity contribution is 7.92. The molecule has 1 unspecified atom stereocenters. The Kier molecular flexibility index (Phi) is 7.44. The number of nitrogens with zero attached hydrogens (tertiary/aromatic N) is 1. The number of nitrogens with one attached hydrogen (secondary N) is 4. The molecule has 1 aliphatic heterocycles. The van der Waals surface area contributed by atoms with Crippen LogP contribution in [0.25, 0.3) is 10.9 Å². The van der Waals surface area contributed by atoms with E-state index < -0.39 is 26.3 Å². The second-order valence-electron chi connectivity index (χ2n) is 7.89. The smallest absolute Gasteiger partial charge is 0.280 e. The van der Waals surface area contributed by atoms with Crippen LogP contribution in [0.15, 0.2) is 47.5 Å². The average molecular weight is 547 g/mol. The van der Waals surface area contributed by atoms with Crippen molar-refractivity contribution in [2.45, 2.75) is 24.3 Å². The van der Waals surface area contributed by atoms with Crippen LogP contribution in [0.3, 0.4) is 0 Å². The van der Waals surface area contributed by atoms with Crippen LogP contribution >= 0.6 is 23.2 Å². The van der Waals surface area contributed by atoms with Gasteiger partial charge in [-0.15, -0.1) is 0 Å². The van der Waals surface area contributed by atoms with E-state index in [0.29, 0.717) is 64.8 Å². The van der Waals surface area contributed by atoms with Gasteiger partial charge in [0.1, 0.15) is 0 Å². The predicted molar refractivity (Wildman–Crippen MR) is 135 cm³/mol. The molecule has 3 aromatic rings. The van der Waals surface area contributed by atoms with E-state index >= 15 is 0 Å². The van der Waals surface area contributed by atoms with Crippen molar-refractivity contribution in [1.82, 2.24) is 19.3 Å². The van der Waals surface area contributed by atoms with Gasteiger partial charge in [-0.2, -0.15) is 17.4 Å². The molecule has 2 aromatic carbocycles. The van der Waals surface area contributed by atoms with Gasteiger partial charge in [-0.3, -0.25) is 4.72 Å². The Bertz CT molecular complexity index is 1390. The number of H-pyrrole nitrogens is 1. The Morgan fingerprint density at radius 2 is 1.68 bits per heavy atom. The van der Waals surface area contributed by atoms with Gasteiger partial charge in [-0.05, 0) is 36.2 Å². The third-order valence-corrected chi connectivity index (χ3v) is 9.31. The lowest BCUT2D eigenvalue weighted by molar-refractivity contribution is 0.350. The third-order valence-electron chi connectivity index (χ3n) is 5.69. The molecule has 34 heavy (non-hydrogen) atoms. The minimum Gasteiger partial charge on any atom is -0.358 e. The van der Waals surface area contributed by atoms with E-state index in [-0.39, 0.29) is 4.90 Å². The third kappa shape index (κ3) is 5.20. The summed E-state index contributed by atoms with van der Waals surface area (Å²) >= 11 is 12.3. The highest BCUT2D eigenvalue weighted by Crippen LogP contribution is 2.35. The lowest BCUT2D eigenvalue weighted by Gasteiger charge is -2.29. The fraction of sp³-hybridized carbons (Fsp3) is 0.333. The molecule has 0 spiro atoms. The first-order chi connectivity index (χ1) is 16.1. The molecular weight excluding hydrogens is 521 g/mol. The number of anilines is 1. The number of aromatic nitrogens is 1. The number of halogens is 2. The zero-order valence-corrected chi connectivity index (χ0v) is 21.5. The van der Waals surface area contributed by atoms with Crippen LogP contribution < -0.4 is 14.8 Å². The summed E-state index contributed by atoms with van der Waals surface area (Å²) < 4.78 is 58.2. The molecule has 1 aliphatic rings. The molecule has 0 saturated carbocycles. The Hall–Kier alpha value is -1.86. The monoisotopic (exact) mass is 545 g/mol. The van der Waals surface area contributed by atoms with Gasteiger partial charge in [-0.1, -0.05) is 42.3 Å². The minimum atomic E-state index is -3.92. The first-order valence-electron chi connectivity index (χ1n) is 10.7. The average Bonchev–Trinajstić information content (AvgIpc) is 3.22. The molecule has 0 amide bonds. The fourth-order valence-corrected chi connectivity index (χ4v) is 6.97. The molecule has 1 aromatic heterocycles. The fourth-order valence-electron chi connectivity index (χ4n) is 3.86. The van der Waals surface area contributed by atoms with E-state index in [1.54, 1.807) is 24.3 Å². The molecule has 184 valence electrons. The summed E-state index contributed by atoms with van der Waals surface area (Å²) in [6.45, 7) is 3.87. The number of piperazine rings is 1. The maximum Gasteiger partial charge on any atom is 0.280 e. The number of fused-ring (bicyclic) bond motifs is 1. The van der Waals surface area contributed by atoms with Crippen molar-refractivity contribution in [2.24, 2.45) is 0 Å². The Morgan fingerprint density at radius 1 is 1.00 bits per heavy atom.